The maximum atomic E-state index is 13.0. The van der Waals surface area contributed by atoms with Gasteiger partial charge >= 0.3 is 0 Å². The molecule has 2 aromatic carbocycles. The highest BCUT2D eigenvalue weighted by atomic mass is 19.1. The maximum Gasteiger partial charge on any atom is 0.162 e. The summed E-state index contributed by atoms with van der Waals surface area (Å²) in [6, 6.07) is 16.8. The molecule has 0 N–H and O–H groups in total. The fourth-order valence-corrected chi connectivity index (χ4v) is 3.60. The standard InChI is InChI=1S/C23H26FNO/c1-17-15-22(19-7-4-3-5-8-19)25(16-18(17)2)14-6-9-23(26)20-10-12-21(24)13-11-20/h3-5,7-8,10-13,22H,6,9,14-16H2,1-2H3. The number of carbonyl (C=O) groups is 1. The molecular formula is C23H26FNO. The van der Waals surface area contributed by atoms with Gasteiger partial charge in [-0.05, 0) is 63.1 Å². The zero-order chi connectivity index (χ0) is 18.5. The van der Waals surface area contributed by atoms with E-state index in [1.807, 2.05) is 6.07 Å². The molecule has 0 radical (unpaired) electrons. The predicted octanol–water partition coefficient (Wildman–Crippen LogP) is 5.57. The Labute approximate surface area is 155 Å². The van der Waals surface area contributed by atoms with Crippen LogP contribution < -0.4 is 0 Å². The molecule has 0 aliphatic carbocycles. The summed E-state index contributed by atoms with van der Waals surface area (Å²) in [6.07, 6.45) is 2.35. The highest BCUT2D eigenvalue weighted by Gasteiger charge is 2.25. The normalized spacial score (nSPS) is 18.2. The first-order valence-corrected chi connectivity index (χ1v) is 9.27. The van der Waals surface area contributed by atoms with E-state index in [0.717, 1.165) is 25.9 Å². The van der Waals surface area contributed by atoms with Crippen molar-refractivity contribution in [3.8, 4) is 0 Å². The van der Waals surface area contributed by atoms with E-state index in [0.29, 0.717) is 18.0 Å². The van der Waals surface area contributed by atoms with Crippen LogP contribution in [0.25, 0.3) is 0 Å². The second kappa shape index (κ2) is 8.41. The van der Waals surface area contributed by atoms with Crippen LogP contribution in [0, 0.1) is 5.82 Å². The number of ketones is 1. The number of rotatable bonds is 6. The molecule has 0 saturated heterocycles. The van der Waals surface area contributed by atoms with Gasteiger partial charge in [0.2, 0.25) is 0 Å². The van der Waals surface area contributed by atoms with Crippen LogP contribution in [0.5, 0.6) is 0 Å². The molecule has 0 bridgehead atoms. The molecule has 0 fully saturated rings. The van der Waals surface area contributed by atoms with Crippen molar-refractivity contribution in [1.82, 2.24) is 4.90 Å². The van der Waals surface area contributed by atoms with Crippen molar-refractivity contribution in [2.24, 2.45) is 0 Å². The van der Waals surface area contributed by atoms with Crippen molar-refractivity contribution >= 4 is 5.78 Å². The van der Waals surface area contributed by atoms with Gasteiger partial charge in [0.1, 0.15) is 5.82 Å². The SMILES string of the molecule is CC1=C(C)CN(CCCC(=O)c2ccc(F)cc2)C(c2ccccc2)C1. The van der Waals surface area contributed by atoms with Crippen LogP contribution in [-0.4, -0.2) is 23.8 Å². The fourth-order valence-electron chi connectivity index (χ4n) is 3.60. The lowest BCUT2D eigenvalue weighted by Gasteiger charge is -2.37. The second-order valence-electron chi connectivity index (χ2n) is 7.20. The third kappa shape index (κ3) is 4.47. The molecule has 0 saturated carbocycles. The summed E-state index contributed by atoms with van der Waals surface area (Å²) in [5.74, 6) is -0.222. The minimum Gasteiger partial charge on any atom is -0.294 e. The van der Waals surface area contributed by atoms with E-state index < -0.39 is 0 Å². The summed E-state index contributed by atoms with van der Waals surface area (Å²) in [5.41, 5.74) is 4.83. The molecule has 136 valence electrons. The summed E-state index contributed by atoms with van der Waals surface area (Å²) >= 11 is 0. The first-order valence-electron chi connectivity index (χ1n) is 9.27. The average molecular weight is 351 g/mol. The van der Waals surface area contributed by atoms with Gasteiger partial charge in [0.15, 0.2) is 5.78 Å². The maximum absolute atomic E-state index is 13.0. The van der Waals surface area contributed by atoms with E-state index in [1.54, 1.807) is 12.1 Å². The Morgan fingerprint density at radius 2 is 1.73 bits per heavy atom. The molecular weight excluding hydrogens is 325 g/mol. The zero-order valence-electron chi connectivity index (χ0n) is 15.5. The molecule has 26 heavy (non-hydrogen) atoms. The van der Waals surface area contributed by atoms with Gasteiger partial charge in [0.25, 0.3) is 0 Å². The van der Waals surface area contributed by atoms with Crippen LogP contribution in [0.4, 0.5) is 4.39 Å². The van der Waals surface area contributed by atoms with E-state index in [9.17, 15) is 9.18 Å². The first-order chi connectivity index (χ1) is 12.5. The Morgan fingerprint density at radius 1 is 1.04 bits per heavy atom. The highest BCUT2D eigenvalue weighted by molar-refractivity contribution is 5.95. The molecule has 2 nitrogen and oxygen atoms in total. The van der Waals surface area contributed by atoms with Gasteiger partial charge in [-0.1, -0.05) is 41.5 Å². The third-order valence-electron chi connectivity index (χ3n) is 5.31. The van der Waals surface area contributed by atoms with Crippen LogP contribution in [-0.2, 0) is 0 Å². The number of nitrogens with zero attached hydrogens (tertiary/aromatic N) is 1. The van der Waals surface area contributed by atoms with Crippen LogP contribution in [0.1, 0.15) is 55.1 Å². The van der Waals surface area contributed by atoms with E-state index in [4.69, 9.17) is 0 Å². The van der Waals surface area contributed by atoms with Crippen molar-refractivity contribution in [1.29, 1.82) is 0 Å². The Bertz CT molecular complexity index is 780. The van der Waals surface area contributed by atoms with Crippen molar-refractivity contribution < 1.29 is 9.18 Å². The zero-order valence-corrected chi connectivity index (χ0v) is 15.5. The third-order valence-corrected chi connectivity index (χ3v) is 5.31. The van der Waals surface area contributed by atoms with Gasteiger partial charge in [-0.3, -0.25) is 9.69 Å². The second-order valence-corrected chi connectivity index (χ2v) is 7.20. The molecule has 1 unspecified atom stereocenters. The summed E-state index contributed by atoms with van der Waals surface area (Å²) in [6.45, 7) is 6.27. The lowest BCUT2D eigenvalue weighted by Crippen LogP contribution is -2.35. The highest BCUT2D eigenvalue weighted by Crippen LogP contribution is 2.34. The van der Waals surface area contributed by atoms with Crippen molar-refractivity contribution in [3.63, 3.8) is 0 Å². The molecule has 1 aliphatic rings. The molecule has 3 heteroatoms. The minimum absolute atomic E-state index is 0.0849. The van der Waals surface area contributed by atoms with Crippen LogP contribution >= 0.6 is 0 Å². The average Bonchev–Trinajstić information content (AvgIpc) is 2.65. The quantitative estimate of drug-likeness (QED) is 0.501. The number of Topliss-reactive ketones (excluding diaryl/α,β-unsaturated/α-hetero) is 1. The van der Waals surface area contributed by atoms with Crippen molar-refractivity contribution in [3.05, 3.63) is 82.7 Å². The summed E-state index contributed by atoms with van der Waals surface area (Å²) in [5, 5.41) is 0. The Balaban J connectivity index is 1.63. The number of hydrogen-bond acceptors (Lipinski definition) is 2. The lowest BCUT2D eigenvalue weighted by atomic mass is 9.91. The van der Waals surface area contributed by atoms with Crippen LogP contribution in [0.3, 0.4) is 0 Å². The van der Waals surface area contributed by atoms with E-state index in [2.05, 4.69) is 43.0 Å². The van der Waals surface area contributed by atoms with Crippen molar-refractivity contribution in [2.75, 3.05) is 13.1 Å². The molecule has 1 atom stereocenters. The van der Waals surface area contributed by atoms with Gasteiger partial charge in [-0.25, -0.2) is 4.39 Å². The van der Waals surface area contributed by atoms with Crippen LogP contribution in [0.15, 0.2) is 65.7 Å². The smallest absolute Gasteiger partial charge is 0.162 e. The number of halogens is 1. The molecule has 3 rings (SSSR count). The Morgan fingerprint density at radius 3 is 2.42 bits per heavy atom. The summed E-state index contributed by atoms with van der Waals surface area (Å²) < 4.78 is 13.0. The monoisotopic (exact) mass is 351 g/mol. The number of carbonyl (C=O) groups excluding carboxylic acids is 1. The Kier molecular flexibility index (Phi) is 6.00. The van der Waals surface area contributed by atoms with E-state index in [-0.39, 0.29) is 11.6 Å². The van der Waals surface area contributed by atoms with Gasteiger partial charge in [-0.2, -0.15) is 0 Å². The molecule has 1 heterocycles. The lowest BCUT2D eigenvalue weighted by molar-refractivity contribution is 0.0970. The number of benzene rings is 2. The largest absolute Gasteiger partial charge is 0.294 e. The first kappa shape index (κ1) is 18.5. The molecule has 0 aromatic heterocycles. The molecule has 0 amide bonds. The summed E-state index contributed by atoms with van der Waals surface area (Å²) in [7, 11) is 0. The van der Waals surface area contributed by atoms with Gasteiger partial charge in [0, 0.05) is 24.6 Å². The van der Waals surface area contributed by atoms with Gasteiger partial charge in [-0.15, -0.1) is 0 Å². The van der Waals surface area contributed by atoms with E-state index >= 15 is 0 Å². The predicted molar refractivity (Wildman–Crippen MR) is 104 cm³/mol. The molecule has 1 aliphatic heterocycles. The van der Waals surface area contributed by atoms with Gasteiger partial charge in [0.05, 0.1) is 0 Å². The van der Waals surface area contributed by atoms with Crippen LogP contribution in [0.2, 0.25) is 0 Å². The van der Waals surface area contributed by atoms with Gasteiger partial charge < -0.3 is 0 Å². The van der Waals surface area contributed by atoms with Crippen molar-refractivity contribution in [2.45, 2.75) is 39.2 Å². The van der Waals surface area contributed by atoms with E-state index in [1.165, 1.54) is 28.8 Å². The summed E-state index contributed by atoms with van der Waals surface area (Å²) in [4.78, 5) is 14.8. The number of hydrogen-bond donors (Lipinski definition) is 0. The minimum atomic E-state index is -0.307. The molecule has 2 aromatic rings. The Hall–Kier alpha value is -2.26. The fraction of sp³-hybridized carbons (Fsp3) is 0.348. The molecule has 0 spiro atoms. The topological polar surface area (TPSA) is 20.3 Å².